The SMILES string of the molecule is Cc1nc(C)c(CCNC(=O)C2CC(=O)N(Cc3ccco3)C2)s1. The van der Waals surface area contributed by atoms with Gasteiger partial charge in [0, 0.05) is 30.8 Å². The van der Waals surface area contributed by atoms with Crippen LogP contribution in [0.2, 0.25) is 0 Å². The van der Waals surface area contributed by atoms with Gasteiger partial charge in [-0.25, -0.2) is 4.98 Å². The Morgan fingerprint density at radius 1 is 1.50 bits per heavy atom. The quantitative estimate of drug-likeness (QED) is 0.868. The van der Waals surface area contributed by atoms with E-state index in [2.05, 4.69) is 10.3 Å². The number of carbonyl (C=O) groups excluding carboxylic acids is 2. The Balaban J connectivity index is 1.47. The maximum absolute atomic E-state index is 12.3. The van der Waals surface area contributed by atoms with Gasteiger partial charge < -0.3 is 14.6 Å². The largest absolute Gasteiger partial charge is 0.467 e. The molecule has 1 N–H and O–H groups in total. The number of rotatable bonds is 6. The second-order valence-electron chi connectivity index (χ2n) is 6.04. The summed E-state index contributed by atoms with van der Waals surface area (Å²) in [6.45, 7) is 5.42. The van der Waals surface area contributed by atoms with Gasteiger partial charge in [-0.15, -0.1) is 11.3 Å². The van der Waals surface area contributed by atoms with Crippen LogP contribution < -0.4 is 5.32 Å². The molecular weight excluding hydrogens is 326 g/mol. The van der Waals surface area contributed by atoms with Crippen molar-refractivity contribution in [2.24, 2.45) is 5.92 Å². The van der Waals surface area contributed by atoms with Crippen LogP contribution in [0, 0.1) is 19.8 Å². The van der Waals surface area contributed by atoms with E-state index in [1.165, 1.54) is 4.88 Å². The average Bonchev–Trinajstić information content (AvgIpc) is 3.23. The van der Waals surface area contributed by atoms with E-state index in [-0.39, 0.29) is 24.2 Å². The minimum atomic E-state index is -0.281. The van der Waals surface area contributed by atoms with Crippen molar-refractivity contribution in [1.82, 2.24) is 15.2 Å². The first kappa shape index (κ1) is 16.7. The molecule has 0 aliphatic carbocycles. The molecule has 6 nitrogen and oxygen atoms in total. The lowest BCUT2D eigenvalue weighted by molar-refractivity contribution is -0.129. The lowest BCUT2D eigenvalue weighted by Gasteiger charge is -2.15. The number of amides is 2. The molecule has 0 saturated carbocycles. The summed E-state index contributed by atoms with van der Waals surface area (Å²) in [7, 11) is 0. The fourth-order valence-electron chi connectivity index (χ4n) is 2.94. The van der Waals surface area contributed by atoms with Gasteiger partial charge in [-0.05, 0) is 26.0 Å². The molecule has 3 heterocycles. The average molecular weight is 347 g/mol. The highest BCUT2D eigenvalue weighted by Crippen LogP contribution is 2.21. The highest BCUT2D eigenvalue weighted by Gasteiger charge is 2.34. The zero-order valence-electron chi connectivity index (χ0n) is 13.9. The lowest BCUT2D eigenvalue weighted by Crippen LogP contribution is -2.34. The molecule has 24 heavy (non-hydrogen) atoms. The Kier molecular flexibility index (Phi) is 4.99. The maximum Gasteiger partial charge on any atom is 0.225 e. The molecule has 1 unspecified atom stereocenters. The van der Waals surface area contributed by atoms with Crippen LogP contribution in [0.3, 0.4) is 0 Å². The number of thiazole rings is 1. The Bertz CT molecular complexity index is 724. The van der Waals surface area contributed by atoms with Crippen LogP contribution in [0.15, 0.2) is 22.8 Å². The molecule has 2 aromatic heterocycles. The van der Waals surface area contributed by atoms with Crippen molar-refractivity contribution in [2.45, 2.75) is 33.2 Å². The van der Waals surface area contributed by atoms with Crippen molar-refractivity contribution < 1.29 is 14.0 Å². The molecule has 0 radical (unpaired) electrons. The minimum Gasteiger partial charge on any atom is -0.467 e. The van der Waals surface area contributed by atoms with E-state index in [9.17, 15) is 9.59 Å². The molecule has 1 saturated heterocycles. The van der Waals surface area contributed by atoms with E-state index < -0.39 is 0 Å². The summed E-state index contributed by atoms with van der Waals surface area (Å²) in [6, 6.07) is 3.63. The predicted molar refractivity (Wildman–Crippen MR) is 90.5 cm³/mol. The number of aromatic nitrogens is 1. The standard InChI is InChI=1S/C17H21N3O3S/c1-11-15(24-12(2)19-11)5-6-18-17(22)13-8-16(21)20(9-13)10-14-4-3-7-23-14/h3-4,7,13H,5-6,8-10H2,1-2H3,(H,18,22). The van der Waals surface area contributed by atoms with Crippen LogP contribution in [0.25, 0.3) is 0 Å². The van der Waals surface area contributed by atoms with E-state index in [0.29, 0.717) is 19.6 Å². The normalized spacial score (nSPS) is 17.5. The highest BCUT2D eigenvalue weighted by atomic mass is 32.1. The molecule has 1 aliphatic heterocycles. The number of likely N-dealkylation sites (tertiary alicyclic amines) is 1. The molecule has 2 amide bonds. The van der Waals surface area contributed by atoms with Crippen molar-refractivity contribution in [3.05, 3.63) is 39.7 Å². The van der Waals surface area contributed by atoms with Gasteiger partial charge in [0.05, 0.1) is 29.4 Å². The van der Waals surface area contributed by atoms with Crippen LogP contribution >= 0.6 is 11.3 Å². The third-order valence-corrected chi connectivity index (χ3v) is 5.30. The highest BCUT2D eigenvalue weighted by molar-refractivity contribution is 7.11. The number of furan rings is 1. The van der Waals surface area contributed by atoms with Crippen LogP contribution in [-0.2, 0) is 22.6 Å². The molecular formula is C17H21N3O3S. The Morgan fingerprint density at radius 2 is 2.33 bits per heavy atom. The molecule has 1 fully saturated rings. The fourth-order valence-corrected chi connectivity index (χ4v) is 3.88. The van der Waals surface area contributed by atoms with Gasteiger partial charge in [0.15, 0.2) is 0 Å². The summed E-state index contributed by atoms with van der Waals surface area (Å²) in [4.78, 5) is 31.6. The van der Waals surface area contributed by atoms with E-state index in [1.807, 2.05) is 19.9 Å². The van der Waals surface area contributed by atoms with E-state index in [1.54, 1.807) is 28.6 Å². The van der Waals surface area contributed by atoms with Crippen molar-refractivity contribution in [1.29, 1.82) is 0 Å². The van der Waals surface area contributed by atoms with Gasteiger partial charge in [-0.1, -0.05) is 0 Å². The first-order valence-electron chi connectivity index (χ1n) is 8.03. The summed E-state index contributed by atoms with van der Waals surface area (Å²) < 4.78 is 5.27. The fraction of sp³-hybridized carbons (Fsp3) is 0.471. The van der Waals surface area contributed by atoms with Gasteiger partial charge in [-0.2, -0.15) is 0 Å². The summed E-state index contributed by atoms with van der Waals surface area (Å²) in [5.41, 5.74) is 1.03. The molecule has 1 aliphatic rings. The molecule has 7 heteroatoms. The van der Waals surface area contributed by atoms with Crippen LogP contribution in [0.4, 0.5) is 0 Å². The Hall–Kier alpha value is -2.15. The van der Waals surface area contributed by atoms with E-state index in [0.717, 1.165) is 22.9 Å². The van der Waals surface area contributed by atoms with E-state index in [4.69, 9.17) is 4.42 Å². The number of nitrogens with zero attached hydrogens (tertiary/aromatic N) is 2. The number of hydrogen-bond donors (Lipinski definition) is 1. The zero-order valence-corrected chi connectivity index (χ0v) is 14.7. The maximum atomic E-state index is 12.3. The van der Waals surface area contributed by atoms with Crippen molar-refractivity contribution in [2.75, 3.05) is 13.1 Å². The second kappa shape index (κ2) is 7.17. The Morgan fingerprint density at radius 3 is 3.00 bits per heavy atom. The summed E-state index contributed by atoms with van der Waals surface area (Å²) in [6.07, 6.45) is 2.63. The first-order chi connectivity index (χ1) is 11.5. The van der Waals surface area contributed by atoms with Gasteiger partial charge in [-0.3, -0.25) is 9.59 Å². The predicted octanol–water partition coefficient (Wildman–Crippen LogP) is 2.06. The first-order valence-corrected chi connectivity index (χ1v) is 8.85. The van der Waals surface area contributed by atoms with Gasteiger partial charge >= 0.3 is 0 Å². The Labute approximate surface area is 144 Å². The molecule has 0 spiro atoms. The van der Waals surface area contributed by atoms with Crippen LogP contribution in [-0.4, -0.2) is 34.8 Å². The number of nitrogens with one attached hydrogen (secondary N) is 1. The molecule has 2 aromatic rings. The summed E-state index contributed by atoms with van der Waals surface area (Å²) in [5, 5.41) is 3.99. The van der Waals surface area contributed by atoms with Crippen molar-refractivity contribution in [3.63, 3.8) is 0 Å². The summed E-state index contributed by atoms with van der Waals surface area (Å²) in [5.74, 6) is 0.405. The summed E-state index contributed by atoms with van der Waals surface area (Å²) >= 11 is 1.67. The topological polar surface area (TPSA) is 75.4 Å². The van der Waals surface area contributed by atoms with Gasteiger partial charge in [0.25, 0.3) is 0 Å². The molecule has 1 atom stereocenters. The molecule has 3 rings (SSSR count). The third-order valence-electron chi connectivity index (χ3n) is 4.16. The van der Waals surface area contributed by atoms with Gasteiger partial charge in [0.2, 0.25) is 11.8 Å². The van der Waals surface area contributed by atoms with Crippen LogP contribution in [0.1, 0.15) is 27.8 Å². The number of aryl methyl sites for hydroxylation is 2. The molecule has 0 bridgehead atoms. The zero-order chi connectivity index (χ0) is 17.1. The lowest BCUT2D eigenvalue weighted by atomic mass is 10.1. The number of carbonyl (C=O) groups is 2. The van der Waals surface area contributed by atoms with Crippen LogP contribution in [0.5, 0.6) is 0 Å². The van der Waals surface area contributed by atoms with Crippen molar-refractivity contribution >= 4 is 23.2 Å². The monoisotopic (exact) mass is 347 g/mol. The molecule has 128 valence electrons. The van der Waals surface area contributed by atoms with Crippen molar-refractivity contribution in [3.8, 4) is 0 Å². The minimum absolute atomic E-state index is 0.000441. The van der Waals surface area contributed by atoms with E-state index >= 15 is 0 Å². The smallest absolute Gasteiger partial charge is 0.225 e. The van der Waals surface area contributed by atoms with Gasteiger partial charge in [0.1, 0.15) is 5.76 Å². The number of hydrogen-bond acceptors (Lipinski definition) is 5. The second-order valence-corrected chi connectivity index (χ2v) is 7.32. The molecule has 0 aromatic carbocycles. The third kappa shape index (κ3) is 3.84.